The van der Waals surface area contributed by atoms with Crippen molar-refractivity contribution >= 4 is 23.2 Å². The van der Waals surface area contributed by atoms with Gasteiger partial charge in [-0.05, 0) is 42.9 Å². The Labute approximate surface area is 127 Å². The van der Waals surface area contributed by atoms with Gasteiger partial charge in [0, 0.05) is 15.6 Å². The summed E-state index contributed by atoms with van der Waals surface area (Å²) in [6.07, 6.45) is 0. The van der Waals surface area contributed by atoms with Crippen molar-refractivity contribution < 1.29 is 9.13 Å². The van der Waals surface area contributed by atoms with Crippen LogP contribution in [0.3, 0.4) is 0 Å². The number of nitrogens with one attached hydrogen (secondary N) is 1. The zero-order valence-corrected chi connectivity index (χ0v) is 12.6. The van der Waals surface area contributed by atoms with E-state index in [2.05, 4.69) is 5.32 Å². The highest BCUT2D eigenvalue weighted by Gasteiger charge is 2.20. The number of ether oxygens (including phenoxy) is 1. The minimum atomic E-state index is -0.336. The van der Waals surface area contributed by atoms with Crippen molar-refractivity contribution in [1.82, 2.24) is 5.32 Å². The lowest BCUT2D eigenvalue weighted by atomic mass is 9.97. The molecular formula is C15H14Cl2FNO. The first-order chi connectivity index (χ1) is 9.56. The lowest BCUT2D eigenvalue weighted by Gasteiger charge is -2.21. The van der Waals surface area contributed by atoms with Crippen molar-refractivity contribution in [3.05, 3.63) is 63.4 Å². The molecule has 0 saturated carbocycles. The van der Waals surface area contributed by atoms with Crippen molar-refractivity contribution in [1.29, 1.82) is 0 Å². The molecule has 0 amide bonds. The summed E-state index contributed by atoms with van der Waals surface area (Å²) in [5.74, 6) is 0.287. The molecule has 0 heterocycles. The molecular weight excluding hydrogens is 300 g/mol. The molecule has 2 rings (SSSR count). The van der Waals surface area contributed by atoms with E-state index < -0.39 is 0 Å². The monoisotopic (exact) mass is 313 g/mol. The van der Waals surface area contributed by atoms with Crippen LogP contribution < -0.4 is 10.1 Å². The summed E-state index contributed by atoms with van der Waals surface area (Å²) in [6.45, 7) is 0. The molecule has 1 N–H and O–H groups in total. The molecule has 0 aliphatic carbocycles. The fourth-order valence-corrected chi connectivity index (χ4v) is 2.53. The van der Waals surface area contributed by atoms with Crippen molar-refractivity contribution in [2.24, 2.45) is 0 Å². The number of hydrogen-bond donors (Lipinski definition) is 1. The van der Waals surface area contributed by atoms with Gasteiger partial charge in [0.1, 0.15) is 11.6 Å². The van der Waals surface area contributed by atoms with E-state index in [-0.39, 0.29) is 11.9 Å². The van der Waals surface area contributed by atoms with Crippen molar-refractivity contribution in [3.63, 3.8) is 0 Å². The molecule has 2 aromatic carbocycles. The van der Waals surface area contributed by atoms with Gasteiger partial charge in [-0.1, -0.05) is 29.3 Å². The van der Waals surface area contributed by atoms with Gasteiger partial charge in [0.25, 0.3) is 0 Å². The SMILES string of the molecule is CNC(c1cc(F)ccc1Cl)c1ccc(Cl)cc1OC. The number of benzene rings is 2. The Hall–Kier alpha value is -1.29. The standard InChI is InChI=1S/C15H14Cl2FNO/c1-19-15(12-8-10(18)4-6-13(12)17)11-5-3-9(16)7-14(11)20-2/h3-8,15,19H,1-2H3. The van der Waals surface area contributed by atoms with Gasteiger partial charge in [-0.25, -0.2) is 4.39 Å². The predicted octanol–water partition coefficient (Wildman–Crippen LogP) is 4.45. The molecule has 0 aliphatic rings. The molecule has 0 aromatic heterocycles. The topological polar surface area (TPSA) is 21.3 Å². The molecule has 2 nitrogen and oxygen atoms in total. The smallest absolute Gasteiger partial charge is 0.125 e. The zero-order valence-electron chi connectivity index (χ0n) is 11.1. The first-order valence-electron chi connectivity index (χ1n) is 6.02. The zero-order chi connectivity index (χ0) is 14.7. The minimum Gasteiger partial charge on any atom is -0.496 e. The quantitative estimate of drug-likeness (QED) is 0.900. The highest BCUT2D eigenvalue weighted by molar-refractivity contribution is 6.31. The predicted molar refractivity (Wildman–Crippen MR) is 80.3 cm³/mol. The molecule has 0 spiro atoms. The lowest BCUT2D eigenvalue weighted by Crippen LogP contribution is -2.19. The summed E-state index contributed by atoms with van der Waals surface area (Å²) in [4.78, 5) is 0. The Balaban J connectivity index is 2.55. The van der Waals surface area contributed by atoms with Gasteiger partial charge in [0.05, 0.1) is 13.2 Å². The van der Waals surface area contributed by atoms with Crippen molar-refractivity contribution in [2.45, 2.75) is 6.04 Å². The summed E-state index contributed by atoms with van der Waals surface area (Å²) in [5.41, 5.74) is 1.49. The van der Waals surface area contributed by atoms with Gasteiger partial charge in [-0.15, -0.1) is 0 Å². The first-order valence-corrected chi connectivity index (χ1v) is 6.78. The van der Waals surface area contributed by atoms with Gasteiger partial charge in [-0.2, -0.15) is 0 Å². The second-order valence-corrected chi connectivity index (χ2v) is 5.12. The van der Waals surface area contributed by atoms with Crippen molar-refractivity contribution in [3.8, 4) is 5.75 Å². The number of hydrogen-bond acceptors (Lipinski definition) is 2. The molecule has 0 saturated heterocycles. The molecule has 0 fully saturated rings. The average Bonchev–Trinajstić information content (AvgIpc) is 2.44. The van der Waals surface area contributed by atoms with E-state index in [4.69, 9.17) is 27.9 Å². The van der Waals surface area contributed by atoms with E-state index in [9.17, 15) is 4.39 Å². The molecule has 1 unspecified atom stereocenters. The molecule has 0 radical (unpaired) electrons. The Morgan fingerprint density at radius 3 is 2.50 bits per heavy atom. The van der Waals surface area contributed by atoms with Crippen LogP contribution in [-0.4, -0.2) is 14.2 Å². The Bertz CT molecular complexity index is 619. The third-order valence-corrected chi connectivity index (χ3v) is 3.64. The fourth-order valence-electron chi connectivity index (χ4n) is 2.14. The molecule has 2 aromatic rings. The Morgan fingerprint density at radius 1 is 1.10 bits per heavy atom. The second kappa shape index (κ2) is 6.44. The minimum absolute atomic E-state index is 0.287. The molecule has 106 valence electrons. The summed E-state index contributed by atoms with van der Waals surface area (Å²) < 4.78 is 18.8. The van der Waals surface area contributed by atoms with Crippen LogP contribution in [0.2, 0.25) is 10.0 Å². The van der Waals surface area contributed by atoms with Crippen LogP contribution in [0.1, 0.15) is 17.2 Å². The Morgan fingerprint density at radius 2 is 1.85 bits per heavy atom. The molecule has 0 aliphatic heterocycles. The van der Waals surface area contributed by atoms with E-state index in [0.717, 1.165) is 5.56 Å². The summed E-state index contributed by atoms with van der Waals surface area (Å²) >= 11 is 12.1. The lowest BCUT2D eigenvalue weighted by molar-refractivity contribution is 0.405. The Kier molecular flexibility index (Phi) is 4.86. The maximum Gasteiger partial charge on any atom is 0.125 e. The first kappa shape index (κ1) is 15.1. The molecule has 0 bridgehead atoms. The van der Waals surface area contributed by atoms with Crippen LogP contribution in [0.25, 0.3) is 0 Å². The van der Waals surface area contributed by atoms with Gasteiger partial charge in [0.2, 0.25) is 0 Å². The van der Waals surface area contributed by atoms with Gasteiger partial charge < -0.3 is 10.1 Å². The average molecular weight is 314 g/mol. The van der Waals surface area contributed by atoms with E-state index in [1.807, 2.05) is 6.07 Å². The third kappa shape index (κ3) is 3.06. The largest absolute Gasteiger partial charge is 0.496 e. The van der Waals surface area contributed by atoms with E-state index in [1.54, 1.807) is 32.4 Å². The third-order valence-electron chi connectivity index (χ3n) is 3.06. The molecule has 20 heavy (non-hydrogen) atoms. The van der Waals surface area contributed by atoms with E-state index in [0.29, 0.717) is 21.4 Å². The maximum atomic E-state index is 13.5. The van der Waals surface area contributed by atoms with Gasteiger partial charge >= 0.3 is 0 Å². The van der Waals surface area contributed by atoms with Crippen LogP contribution in [0.15, 0.2) is 36.4 Å². The van der Waals surface area contributed by atoms with Crippen LogP contribution in [0.5, 0.6) is 5.75 Å². The van der Waals surface area contributed by atoms with Gasteiger partial charge in [-0.3, -0.25) is 0 Å². The number of methoxy groups -OCH3 is 1. The second-order valence-electron chi connectivity index (χ2n) is 4.27. The number of rotatable bonds is 4. The van der Waals surface area contributed by atoms with Gasteiger partial charge in [0.15, 0.2) is 0 Å². The highest BCUT2D eigenvalue weighted by atomic mass is 35.5. The summed E-state index contributed by atoms with van der Waals surface area (Å²) in [7, 11) is 3.34. The number of halogens is 3. The van der Waals surface area contributed by atoms with Crippen LogP contribution in [0, 0.1) is 5.82 Å². The fraction of sp³-hybridized carbons (Fsp3) is 0.200. The van der Waals surface area contributed by atoms with Crippen molar-refractivity contribution in [2.75, 3.05) is 14.2 Å². The molecule has 5 heteroatoms. The summed E-state index contributed by atoms with van der Waals surface area (Å²) in [5, 5.41) is 4.19. The highest BCUT2D eigenvalue weighted by Crippen LogP contribution is 2.35. The van der Waals surface area contributed by atoms with E-state index in [1.165, 1.54) is 12.1 Å². The normalized spacial score (nSPS) is 12.2. The van der Waals surface area contributed by atoms with E-state index >= 15 is 0 Å². The molecule has 1 atom stereocenters. The van der Waals surface area contributed by atoms with Crippen LogP contribution >= 0.6 is 23.2 Å². The van der Waals surface area contributed by atoms with Crippen LogP contribution in [0.4, 0.5) is 4.39 Å². The summed E-state index contributed by atoms with van der Waals surface area (Å²) in [6, 6.07) is 9.31. The van der Waals surface area contributed by atoms with Crippen LogP contribution in [-0.2, 0) is 0 Å². The maximum absolute atomic E-state index is 13.5.